The largest absolute Gasteiger partial charge is 0.480 e. The van der Waals surface area contributed by atoms with Crippen molar-refractivity contribution in [2.45, 2.75) is 64.1 Å². The molecule has 3 atom stereocenters. The van der Waals surface area contributed by atoms with Crippen molar-refractivity contribution in [1.82, 2.24) is 10.2 Å². The third-order valence-electron chi connectivity index (χ3n) is 4.17. The summed E-state index contributed by atoms with van der Waals surface area (Å²) in [6.45, 7) is 4.90. The molecule has 0 saturated carbocycles. The van der Waals surface area contributed by atoms with E-state index >= 15 is 0 Å². The number of amides is 1. The smallest absolute Gasteiger partial charge is 0.326 e. The molecule has 138 valence electrons. The maximum Gasteiger partial charge on any atom is 0.326 e. The fourth-order valence-corrected chi connectivity index (χ4v) is 2.80. The van der Waals surface area contributed by atoms with Crippen molar-refractivity contribution in [2.24, 2.45) is 5.73 Å². The van der Waals surface area contributed by atoms with Gasteiger partial charge in [-0.1, -0.05) is 6.42 Å². The zero-order chi connectivity index (χ0) is 18.1. The highest BCUT2D eigenvalue weighted by Gasteiger charge is 2.35. The maximum atomic E-state index is 12.3. The van der Waals surface area contributed by atoms with Gasteiger partial charge in [0.15, 0.2) is 0 Å². The van der Waals surface area contributed by atoms with Gasteiger partial charge >= 0.3 is 11.9 Å². The Balaban J connectivity index is 2.24. The summed E-state index contributed by atoms with van der Waals surface area (Å²) in [4.78, 5) is 36.3. The van der Waals surface area contributed by atoms with Crippen LogP contribution in [-0.4, -0.2) is 65.7 Å². The zero-order valence-corrected chi connectivity index (χ0v) is 14.5. The summed E-state index contributed by atoms with van der Waals surface area (Å²) in [5.41, 5.74) is 5.71. The molecule has 1 amide bonds. The van der Waals surface area contributed by atoms with Crippen LogP contribution in [-0.2, 0) is 19.1 Å². The van der Waals surface area contributed by atoms with Gasteiger partial charge in [-0.05, 0) is 46.1 Å². The molecule has 0 aliphatic carbocycles. The second-order valence-electron chi connectivity index (χ2n) is 6.06. The Kier molecular flexibility index (Phi) is 8.70. The van der Waals surface area contributed by atoms with Gasteiger partial charge in [0.1, 0.15) is 12.1 Å². The predicted octanol–water partition coefficient (Wildman–Crippen LogP) is 0.101. The van der Waals surface area contributed by atoms with E-state index in [2.05, 4.69) is 5.32 Å². The summed E-state index contributed by atoms with van der Waals surface area (Å²) in [7, 11) is 0. The minimum absolute atomic E-state index is 0.178. The number of carbonyl (C=O) groups excluding carboxylic acids is 2. The van der Waals surface area contributed by atoms with Crippen LogP contribution in [0.25, 0.3) is 0 Å². The number of likely N-dealkylation sites (tertiary alicyclic amines) is 1. The molecule has 0 aromatic carbocycles. The lowest BCUT2D eigenvalue weighted by Crippen LogP contribution is -2.49. The monoisotopic (exact) mass is 343 g/mol. The molecule has 4 N–H and O–H groups in total. The lowest BCUT2D eigenvalue weighted by atomic mass is 10.1. The summed E-state index contributed by atoms with van der Waals surface area (Å²) in [6.07, 6.45) is 3.29. The Morgan fingerprint density at radius 3 is 2.71 bits per heavy atom. The van der Waals surface area contributed by atoms with Gasteiger partial charge in [-0.3, -0.25) is 9.59 Å². The average Bonchev–Trinajstić information content (AvgIpc) is 3.03. The van der Waals surface area contributed by atoms with Crippen LogP contribution >= 0.6 is 0 Å². The maximum absolute atomic E-state index is 12.3. The van der Waals surface area contributed by atoms with Gasteiger partial charge in [0.25, 0.3) is 0 Å². The first-order chi connectivity index (χ1) is 11.4. The van der Waals surface area contributed by atoms with Crippen LogP contribution < -0.4 is 11.1 Å². The summed E-state index contributed by atoms with van der Waals surface area (Å²) < 4.78 is 4.84. The third kappa shape index (κ3) is 6.09. The second-order valence-corrected chi connectivity index (χ2v) is 6.06. The summed E-state index contributed by atoms with van der Waals surface area (Å²) in [5.74, 6) is -1.51. The van der Waals surface area contributed by atoms with E-state index < -0.39 is 24.1 Å². The minimum atomic E-state index is -0.944. The molecular weight excluding hydrogens is 314 g/mol. The number of carboxylic acids is 1. The van der Waals surface area contributed by atoms with Crippen molar-refractivity contribution in [3.05, 3.63) is 0 Å². The molecule has 1 aliphatic rings. The van der Waals surface area contributed by atoms with Gasteiger partial charge in [0.05, 0.1) is 12.6 Å². The molecule has 1 aliphatic heterocycles. The SMILES string of the molecule is CCOC(=O)[C@@H](N)CCCCNC(C)C(=O)N1CCC[C@H]1C(=O)O. The van der Waals surface area contributed by atoms with E-state index in [0.717, 1.165) is 19.3 Å². The molecule has 1 rings (SSSR count). The molecule has 0 spiro atoms. The van der Waals surface area contributed by atoms with Crippen molar-refractivity contribution in [3.63, 3.8) is 0 Å². The van der Waals surface area contributed by atoms with Gasteiger partial charge < -0.3 is 25.8 Å². The highest BCUT2D eigenvalue weighted by Crippen LogP contribution is 2.18. The van der Waals surface area contributed by atoms with Crippen LogP contribution in [0.2, 0.25) is 0 Å². The van der Waals surface area contributed by atoms with E-state index in [-0.39, 0.29) is 11.9 Å². The van der Waals surface area contributed by atoms with Crippen LogP contribution in [0.5, 0.6) is 0 Å². The molecule has 1 saturated heterocycles. The highest BCUT2D eigenvalue weighted by molar-refractivity contribution is 5.87. The number of nitrogens with two attached hydrogens (primary N) is 1. The number of rotatable bonds is 10. The van der Waals surface area contributed by atoms with Gasteiger partial charge in [-0.2, -0.15) is 0 Å². The first-order valence-electron chi connectivity index (χ1n) is 8.57. The van der Waals surface area contributed by atoms with E-state index in [0.29, 0.717) is 32.5 Å². The Bertz CT molecular complexity index is 443. The highest BCUT2D eigenvalue weighted by atomic mass is 16.5. The van der Waals surface area contributed by atoms with Crippen molar-refractivity contribution in [1.29, 1.82) is 0 Å². The molecule has 1 unspecified atom stereocenters. The number of nitrogens with one attached hydrogen (secondary N) is 1. The first kappa shape index (κ1) is 20.4. The molecule has 0 bridgehead atoms. The Labute approximate surface area is 142 Å². The minimum Gasteiger partial charge on any atom is -0.480 e. The van der Waals surface area contributed by atoms with E-state index in [1.54, 1.807) is 13.8 Å². The standard InChI is InChI=1S/C16H29N3O5/c1-3-24-16(23)12(17)7-4-5-9-18-11(2)14(20)19-10-6-8-13(19)15(21)22/h11-13,18H,3-10,17H2,1-2H3,(H,21,22)/t11?,12-,13-/m0/s1. The predicted molar refractivity (Wildman–Crippen MR) is 88.3 cm³/mol. The Morgan fingerprint density at radius 1 is 1.38 bits per heavy atom. The van der Waals surface area contributed by atoms with E-state index in [1.807, 2.05) is 0 Å². The van der Waals surface area contributed by atoms with Gasteiger partial charge in [0, 0.05) is 6.54 Å². The van der Waals surface area contributed by atoms with Crippen molar-refractivity contribution in [2.75, 3.05) is 19.7 Å². The second kappa shape index (κ2) is 10.2. The summed E-state index contributed by atoms with van der Waals surface area (Å²) in [6, 6.07) is -1.74. The summed E-state index contributed by atoms with van der Waals surface area (Å²) >= 11 is 0. The number of hydrogen-bond donors (Lipinski definition) is 3. The number of ether oxygens (including phenoxy) is 1. The Hall–Kier alpha value is -1.67. The molecule has 0 aromatic heterocycles. The van der Waals surface area contributed by atoms with Crippen LogP contribution in [0.3, 0.4) is 0 Å². The zero-order valence-electron chi connectivity index (χ0n) is 14.5. The molecule has 8 heteroatoms. The quantitative estimate of drug-likeness (QED) is 0.380. The van der Waals surface area contributed by atoms with Gasteiger partial charge in [0.2, 0.25) is 5.91 Å². The lowest BCUT2D eigenvalue weighted by Gasteiger charge is -2.25. The molecule has 24 heavy (non-hydrogen) atoms. The third-order valence-corrected chi connectivity index (χ3v) is 4.17. The fourth-order valence-electron chi connectivity index (χ4n) is 2.80. The van der Waals surface area contributed by atoms with Gasteiger partial charge in [-0.15, -0.1) is 0 Å². The van der Waals surface area contributed by atoms with Crippen molar-refractivity contribution in [3.8, 4) is 0 Å². The van der Waals surface area contributed by atoms with Crippen LogP contribution in [0.4, 0.5) is 0 Å². The molecule has 1 fully saturated rings. The first-order valence-corrected chi connectivity index (χ1v) is 8.57. The molecule has 1 heterocycles. The number of esters is 1. The van der Waals surface area contributed by atoms with Crippen LogP contribution in [0, 0.1) is 0 Å². The average molecular weight is 343 g/mol. The number of unbranched alkanes of at least 4 members (excludes halogenated alkanes) is 1. The lowest BCUT2D eigenvalue weighted by molar-refractivity contribution is -0.148. The topological polar surface area (TPSA) is 122 Å². The molecule has 0 radical (unpaired) electrons. The summed E-state index contributed by atoms with van der Waals surface area (Å²) in [5, 5.41) is 12.2. The number of hydrogen-bond acceptors (Lipinski definition) is 6. The number of carbonyl (C=O) groups is 3. The fraction of sp³-hybridized carbons (Fsp3) is 0.812. The van der Waals surface area contributed by atoms with E-state index in [1.165, 1.54) is 4.90 Å². The van der Waals surface area contributed by atoms with E-state index in [4.69, 9.17) is 15.6 Å². The van der Waals surface area contributed by atoms with Crippen molar-refractivity contribution >= 4 is 17.8 Å². The number of nitrogens with zero attached hydrogens (tertiary/aromatic N) is 1. The van der Waals surface area contributed by atoms with Crippen molar-refractivity contribution < 1.29 is 24.2 Å². The number of aliphatic carboxylic acids is 1. The Morgan fingerprint density at radius 2 is 2.08 bits per heavy atom. The normalized spacial score (nSPS) is 19.8. The van der Waals surface area contributed by atoms with Crippen LogP contribution in [0.15, 0.2) is 0 Å². The molecule has 8 nitrogen and oxygen atoms in total. The van der Waals surface area contributed by atoms with E-state index in [9.17, 15) is 14.4 Å². The van der Waals surface area contributed by atoms with Gasteiger partial charge in [-0.25, -0.2) is 4.79 Å². The molecule has 0 aromatic rings. The number of carboxylic acid groups (broad SMARTS) is 1. The molecular formula is C16H29N3O5. The van der Waals surface area contributed by atoms with Crippen LogP contribution in [0.1, 0.15) is 46.0 Å².